The SMILES string of the molecule is NNC=O.c1cc2[nH]ccc2cn1. The Kier molecular flexibility index (Phi) is 3.46. The van der Waals surface area contributed by atoms with Gasteiger partial charge in [0.25, 0.3) is 0 Å². The number of carbonyl (C=O) groups is 1. The van der Waals surface area contributed by atoms with Gasteiger partial charge in [-0.15, -0.1) is 0 Å². The maximum absolute atomic E-state index is 8.94. The second-order valence-corrected chi connectivity index (χ2v) is 2.23. The average molecular weight is 178 g/mol. The molecule has 0 bridgehead atoms. The summed E-state index contributed by atoms with van der Waals surface area (Å²) in [7, 11) is 0. The average Bonchev–Trinajstić information content (AvgIpc) is 2.66. The van der Waals surface area contributed by atoms with Crippen LogP contribution in [0, 0.1) is 0 Å². The molecule has 0 aliphatic rings. The highest BCUT2D eigenvalue weighted by atomic mass is 16.1. The number of carbonyl (C=O) groups excluding carboxylic acids is 1. The lowest BCUT2D eigenvalue weighted by Crippen LogP contribution is -2.18. The number of nitrogens with two attached hydrogens (primary N) is 1. The molecule has 4 N–H and O–H groups in total. The van der Waals surface area contributed by atoms with Crippen LogP contribution >= 0.6 is 0 Å². The molecular formula is C8H10N4O. The number of aromatic amines is 1. The van der Waals surface area contributed by atoms with Crippen molar-refractivity contribution < 1.29 is 4.79 Å². The lowest BCUT2D eigenvalue weighted by atomic mass is 10.3. The van der Waals surface area contributed by atoms with Crippen molar-refractivity contribution >= 4 is 17.3 Å². The number of hydrazine groups is 1. The smallest absolute Gasteiger partial charge is 0.221 e. The van der Waals surface area contributed by atoms with Crippen LogP contribution < -0.4 is 11.3 Å². The number of nitrogens with zero attached hydrogens (tertiary/aromatic N) is 1. The summed E-state index contributed by atoms with van der Waals surface area (Å²) in [5.41, 5.74) is 2.89. The number of hydrogen-bond acceptors (Lipinski definition) is 3. The van der Waals surface area contributed by atoms with Gasteiger partial charge in [0.05, 0.1) is 0 Å². The van der Waals surface area contributed by atoms with E-state index in [2.05, 4.69) is 15.8 Å². The van der Waals surface area contributed by atoms with Crippen LogP contribution in [0.2, 0.25) is 0 Å². The molecular weight excluding hydrogens is 168 g/mol. The van der Waals surface area contributed by atoms with Crippen molar-refractivity contribution in [2.45, 2.75) is 0 Å². The minimum atomic E-state index is 0.403. The molecule has 2 rings (SSSR count). The van der Waals surface area contributed by atoms with Crippen LogP contribution in [0.3, 0.4) is 0 Å². The minimum Gasteiger partial charge on any atom is -0.361 e. The summed E-state index contributed by atoms with van der Waals surface area (Å²) in [6, 6.07) is 3.96. The van der Waals surface area contributed by atoms with E-state index >= 15 is 0 Å². The summed E-state index contributed by atoms with van der Waals surface area (Å²) in [6.07, 6.45) is 5.93. The van der Waals surface area contributed by atoms with E-state index in [4.69, 9.17) is 4.79 Å². The Labute approximate surface area is 74.9 Å². The highest BCUT2D eigenvalue weighted by Crippen LogP contribution is 2.07. The van der Waals surface area contributed by atoms with Gasteiger partial charge in [-0.3, -0.25) is 15.2 Å². The van der Waals surface area contributed by atoms with Gasteiger partial charge in [-0.1, -0.05) is 0 Å². The molecule has 2 aromatic heterocycles. The Bertz CT molecular complexity index is 341. The van der Waals surface area contributed by atoms with Gasteiger partial charge >= 0.3 is 0 Å². The van der Waals surface area contributed by atoms with Crippen LogP contribution in [0.5, 0.6) is 0 Å². The van der Waals surface area contributed by atoms with Gasteiger partial charge in [0, 0.05) is 29.5 Å². The van der Waals surface area contributed by atoms with E-state index in [0.29, 0.717) is 6.41 Å². The van der Waals surface area contributed by atoms with E-state index in [1.165, 1.54) is 0 Å². The van der Waals surface area contributed by atoms with Crippen LogP contribution in [0.25, 0.3) is 10.9 Å². The van der Waals surface area contributed by atoms with Crippen molar-refractivity contribution in [3.8, 4) is 0 Å². The van der Waals surface area contributed by atoms with E-state index < -0.39 is 0 Å². The zero-order valence-corrected chi connectivity index (χ0v) is 6.90. The molecule has 13 heavy (non-hydrogen) atoms. The largest absolute Gasteiger partial charge is 0.361 e. The van der Waals surface area contributed by atoms with Crippen molar-refractivity contribution in [1.82, 2.24) is 15.4 Å². The summed E-state index contributed by atoms with van der Waals surface area (Å²) in [5, 5.41) is 1.16. The molecule has 0 atom stereocenters. The Morgan fingerprint density at radius 2 is 2.31 bits per heavy atom. The maximum atomic E-state index is 8.94. The Hall–Kier alpha value is -1.88. The number of amides is 1. The van der Waals surface area contributed by atoms with Crippen molar-refractivity contribution in [2.24, 2.45) is 5.84 Å². The summed E-state index contributed by atoms with van der Waals surface area (Å²) < 4.78 is 0. The second-order valence-electron chi connectivity index (χ2n) is 2.23. The summed E-state index contributed by atoms with van der Waals surface area (Å²) in [6.45, 7) is 0. The summed E-state index contributed by atoms with van der Waals surface area (Å²) in [5.74, 6) is 4.41. The highest BCUT2D eigenvalue weighted by molar-refractivity contribution is 5.77. The molecule has 1 amide bonds. The molecule has 0 unspecified atom stereocenters. The van der Waals surface area contributed by atoms with Crippen molar-refractivity contribution in [1.29, 1.82) is 0 Å². The Morgan fingerprint density at radius 3 is 2.92 bits per heavy atom. The zero-order chi connectivity index (χ0) is 9.52. The number of rotatable bonds is 1. The molecule has 0 saturated carbocycles. The second kappa shape index (κ2) is 4.89. The summed E-state index contributed by atoms with van der Waals surface area (Å²) >= 11 is 0. The first-order chi connectivity index (χ1) is 6.38. The van der Waals surface area contributed by atoms with Crippen LogP contribution in [0.4, 0.5) is 0 Å². The van der Waals surface area contributed by atoms with Gasteiger partial charge in [0.2, 0.25) is 6.41 Å². The monoisotopic (exact) mass is 178 g/mol. The number of H-pyrrole nitrogens is 1. The zero-order valence-electron chi connectivity index (χ0n) is 6.90. The van der Waals surface area contributed by atoms with Crippen LogP contribution in [-0.2, 0) is 4.79 Å². The van der Waals surface area contributed by atoms with Crippen molar-refractivity contribution in [3.05, 3.63) is 30.7 Å². The van der Waals surface area contributed by atoms with Crippen molar-refractivity contribution in [3.63, 3.8) is 0 Å². The molecule has 2 aromatic rings. The maximum Gasteiger partial charge on any atom is 0.221 e. The van der Waals surface area contributed by atoms with Gasteiger partial charge in [0.15, 0.2) is 0 Å². The van der Waals surface area contributed by atoms with Gasteiger partial charge in [-0.2, -0.15) is 0 Å². The first kappa shape index (κ1) is 9.21. The number of fused-ring (bicyclic) bond motifs is 1. The fraction of sp³-hybridized carbons (Fsp3) is 0. The lowest BCUT2D eigenvalue weighted by molar-refractivity contribution is -0.109. The van der Waals surface area contributed by atoms with Gasteiger partial charge in [-0.05, 0) is 12.1 Å². The predicted molar refractivity (Wildman–Crippen MR) is 49.5 cm³/mol. The molecule has 0 aliphatic carbocycles. The molecule has 68 valence electrons. The Morgan fingerprint density at radius 1 is 1.54 bits per heavy atom. The van der Waals surface area contributed by atoms with E-state index in [9.17, 15) is 0 Å². The van der Waals surface area contributed by atoms with Crippen LogP contribution in [-0.4, -0.2) is 16.4 Å². The number of hydrogen-bond donors (Lipinski definition) is 3. The topological polar surface area (TPSA) is 83.8 Å². The molecule has 0 aliphatic heterocycles. The first-order valence-corrected chi connectivity index (χ1v) is 3.65. The van der Waals surface area contributed by atoms with Gasteiger partial charge < -0.3 is 4.98 Å². The molecule has 0 aromatic carbocycles. The molecule has 5 heteroatoms. The predicted octanol–water partition coefficient (Wildman–Crippen LogP) is 0.169. The Balaban J connectivity index is 0.000000184. The molecule has 2 heterocycles. The number of nitrogens with one attached hydrogen (secondary N) is 2. The molecule has 0 spiro atoms. The van der Waals surface area contributed by atoms with E-state index in [1.54, 1.807) is 11.6 Å². The lowest BCUT2D eigenvalue weighted by Gasteiger charge is -1.82. The quantitative estimate of drug-likeness (QED) is 0.252. The van der Waals surface area contributed by atoms with Crippen LogP contribution in [0.15, 0.2) is 30.7 Å². The fourth-order valence-corrected chi connectivity index (χ4v) is 0.892. The normalized spacial score (nSPS) is 8.69. The number of aromatic nitrogens is 2. The van der Waals surface area contributed by atoms with Gasteiger partial charge in [-0.25, -0.2) is 5.84 Å². The standard InChI is InChI=1S/C7H6N2.CH4N2O/c1-4-9-7-2-3-8-5-6(1)7;2-3-1-4/h1-5,9H;1H,2H2,(H,3,4). The van der Waals surface area contributed by atoms with Gasteiger partial charge in [0.1, 0.15) is 0 Å². The molecule has 0 saturated heterocycles. The first-order valence-electron chi connectivity index (χ1n) is 3.65. The molecule has 0 fully saturated rings. The summed E-state index contributed by atoms with van der Waals surface area (Å²) in [4.78, 5) is 16.0. The third-order valence-electron chi connectivity index (χ3n) is 1.42. The molecule has 5 nitrogen and oxygen atoms in total. The third kappa shape index (κ3) is 2.57. The van der Waals surface area contributed by atoms with E-state index in [-0.39, 0.29) is 0 Å². The fourth-order valence-electron chi connectivity index (χ4n) is 0.892. The minimum absolute atomic E-state index is 0.403. The van der Waals surface area contributed by atoms with E-state index in [1.807, 2.05) is 24.5 Å². The van der Waals surface area contributed by atoms with Crippen molar-refractivity contribution in [2.75, 3.05) is 0 Å². The molecule has 0 radical (unpaired) electrons. The third-order valence-corrected chi connectivity index (χ3v) is 1.42. The number of pyridine rings is 1. The van der Waals surface area contributed by atoms with E-state index in [0.717, 1.165) is 10.9 Å². The highest BCUT2D eigenvalue weighted by Gasteiger charge is 1.87. The van der Waals surface area contributed by atoms with Crippen LogP contribution in [0.1, 0.15) is 0 Å².